The number of likely N-dealkylation sites (tertiary alicyclic amines) is 1. The number of piperidine rings is 1. The maximum Gasteiger partial charge on any atom is 0.328 e. The molecule has 3 rings (SSSR count). The third-order valence-electron chi connectivity index (χ3n) is 5.02. The van der Waals surface area contributed by atoms with Gasteiger partial charge in [-0.05, 0) is 30.9 Å². The molecule has 0 bridgehead atoms. The Morgan fingerprint density at radius 1 is 1.31 bits per heavy atom. The molecule has 3 N–H and O–H groups in total. The van der Waals surface area contributed by atoms with E-state index in [9.17, 15) is 14.4 Å². The highest BCUT2D eigenvalue weighted by Gasteiger charge is 2.28. The summed E-state index contributed by atoms with van der Waals surface area (Å²) in [6, 6.07) is 6.98. The van der Waals surface area contributed by atoms with E-state index >= 15 is 0 Å². The van der Waals surface area contributed by atoms with Crippen LogP contribution >= 0.6 is 12.4 Å². The summed E-state index contributed by atoms with van der Waals surface area (Å²) >= 11 is 0. The average molecular weight is 381 g/mol. The first-order valence-electron chi connectivity index (χ1n) is 8.72. The molecule has 2 aromatic rings. The van der Waals surface area contributed by atoms with Gasteiger partial charge in [0.05, 0.1) is 10.9 Å². The van der Waals surface area contributed by atoms with Crippen LogP contribution < -0.4 is 17.0 Å². The number of hydrogen-bond donors (Lipinski definition) is 2. The second-order valence-electron chi connectivity index (χ2n) is 6.78. The lowest BCUT2D eigenvalue weighted by Crippen LogP contribution is -2.49. The molecule has 2 unspecified atom stereocenters. The number of nitrogens with two attached hydrogens (primary N) is 1. The molecule has 2 atom stereocenters. The number of aryl methyl sites for hydroxylation is 1. The number of carbonyl (C=O) groups is 1. The van der Waals surface area contributed by atoms with Crippen molar-refractivity contribution < 1.29 is 4.79 Å². The fraction of sp³-hybridized carbons (Fsp3) is 0.500. The molecule has 0 spiro atoms. The molecule has 142 valence electrons. The number of amides is 1. The summed E-state index contributed by atoms with van der Waals surface area (Å²) in [6.45, 7) is 3.58. The number of nitrogens with zero attached hydrogens (tertiary/aromatic N) is 2. The Morgan fingerprint density at radius 3 is 2.77 bits per heavy atom. The van der Waals surface area contributed by atoms with Gasteiger partial charge in [-0.2, -0.15) is 0 Å². The van der Waals surface area contributed by atoms with E-state index in [0.717, 1.165) is 12.8 Å². The standard InChI is InChI=1S/C18H24N4O3.ClH/c1-12-6-8-21(13(10-12)11-19)16(23)7-9-22-15-5-3-2-4-14(15)17(24)20-18(22)25;/h2-5,12-13H,6-11,19H2,1H3,(H,20,24,25);1H. The molecule has 1 aliphatic rings. The summed E-state index contributed by atoms with van der Waals surface area (Å²) in [5.74, 6) is 0.577. The van der Waals surface area contributed by atoms with Gasteiger partial charge in [0.1, 0.15) is 0 Å². The van der Waals surface area contributed by atoms with Crippen molar-refractivity contribution in [3.63, 3.8) is 0 Å². The highest BCUT2D eigenvalue weighted by Crippen LogP contribution is 2.22. The lowest BCUT2D eigenvalue weighted by Gasteiger charge is -2.38. The van der Waals surface area contributed by atoms with Crippen molar-refractivity contribution in [2.75, 3.05) is 13.1 Å². The van der Waals surface area contributed by atoms with Gasteiger partial charge in [0.25, 0.3) is 5.56 Å². The number of hydrogen-bond acceptors (Lipinski definition) is 4. The van der Waals surface area contributed by atoms with E-state index in [2.05, 4.69) is 11.9 Å². The summed E-state index contributed by atoms with van der Waals surface area (Å²) in [5.41, 5.74) is 5.48. The van der Waals surface area contributed by atoms with Crippen molar-refractivity contribution in [1.82, 2.24) is 14.5 Å². The van der Waals surface area contributed by atoms with Crippen molar-refractivity contribution in [2.45, 2.75) is 38.8 Å². The van der Waals surface area contributed by atoms with Gasteiger partial charge in [-0.3, -0.25) is 19.1 Å². The van der Waals surface area contributed by atoms with Crippen LogP contribution in [-0.4, -0.2) is 39.5 Å². The fourth-order valence-corrected chi connectivity index (χ4v) is 3.62. The smallest absolute Gasteiger partial charge is 0.328 e. The minimum atomic E-state index is -0.487. The third-order valence-corrected chi connectivity index (χ3v) is 5.02. The molecule has 1 aromatic carbocycles. The number of nitrogens with one attached hydrogen (secondary N) is 1. The second kappa shape index (κ2) is 8.51. The zero-order valence-electron chi connectivity index (χ0n) is 14.8. The number of para-hydroxylation sites is 1. The first-order chi connectivity index (χ1) is 12.0. The van der Waals surface area contributed by atoms with Gasteiger partial charge in [0.2, 0.25) is 5.91 Å². The number of rotatable bonds is 4. The average Bonchev–Trinajstić information content (AvgIpc) is 2.61. The van der Waals surface area contributed by atoms with E-state index in [1.165, 1.54) is 4.57 Å². The van der Waals surface area contributed by atoms with Gasteiger partial charge >= 0.3 is 5.69 Å². The lowest BCUT2D eigenvalue weighted by atomic mass is 9.92. The van der Waals surface area contributed by atoms with E-state index < -0.39 is 11.2 Å². The first-order valence-corrected chi connectivity index (χ1v) is 8.72. The number of aromatic amines is 1. The topological polar surface area (TPSA) is 101 Å². The lowest BCUT2D eigenvalue weighted by molar-refractivity contribution is -0.135. The van der Waals surface area contributed by atoms with Crippen molar-refractivity contribution >= 4 is 29.2 Å². The molecule has 1 fully saturated rings. The molecular weight excluding hydrogens is 356 g/mol. The molecule has 7 nitrogen and oxygen atoms in total. The van der Waals surface area contributed by atoms with Crippen LogP contribution in [0.15, 0.2) is 33.9 Å². The minimum absolute atomic E-state index is 0. The molecule has 0 radical (unpaired) electrons. The molecular formula is C18H25ClN4O3. The summed E-state index contributed by atoms with van der Waals surface area (Å²) in [5, 5.41) is 0.446. The van der Waals surface area contributed by atoms with E-state index in [1.54, 1.807) is 24.3 Å². The van der Waals surface area contributed by atoms with Crippen molar-refractivity contribution in [3.05, 3.63) is 45.1 Å². The fourth-order valence-electron chi connectivity index (χ4n) is 3.62. The third kappa shape index (κ3) is 3.99. The van der Waals surface area contributed by atoms with E-state index in [4.69, 9.17) is 5.73 Å². The molecule has 0 saturated carbocycles. The van der Waals surface area contributed by atoms with Gasteiger partial charge in [0, 0.05) is 32.1 Å². The summed E-state index contributed by atoms with van der Waals surface area (Å²) in [4.78, 5) is 40.9. The Balaban J connectivity index is 0.00000243. The molecule has 0 aliphatic carbocycles. The Morgan fingerprint density at radius 2 is 2.04 bits per heavy atom. The quantitative estimate of drug-likeness (QED) is 0.828. The highest BCUT2D eigenvalue weighted by molar-refractivity contribution is 5.85. The van der Waals surface area contributed by atoms with Crippen LogP contribution in [0, 0.1) is 5.92 Å². The Labute approximate surface area is 157 Å². The van der Waals surface area contributed by atoms with Crippen LogP contribution in [0.5, 0.6) is 0 Å². The molecule has 8 heteroatoms. The molecule has 1 aromatic heterocycles. The van der Waals surface area contributed by atoms with Crippen LogP contribution in [0.1, 0.15) is 26.2 Å². The van der Waals surface area contributed by atoms with Gasteiger partial charge in [-0.15, -0.1) is 12.4 Å². The molecule has 1 saturated heterocycles. The predicted octanol–water partition coefficient (Wildman–Crippen LogP) is 1.09. The van der Waals surface area contributed by atoms with E-state index in [1.807, 2.05) is 4.90 Å². The molecule has 2 heterocycles. The number of carbonyl (C=O) groups excluding carboxylic acids is 1. The number of H-pyrrole nitrogens is 1. The van der Waals surface area contributed by atoms with Gasteiger partial charge in [-0.1, -0.05) is 19.1 Å². The van der Waals surface area contributed by atoms with Crippen LogP contribution in [0.2, 0.25) is 0 Å². The number of benzene rings is 1. The van der Waals surface area contributed by atoms with Gasteiger partial charge < -0.3 is 10.6 Å². The highest BCUT2D eigenvalue weighted by atomic mass is 35.5. The second-order valence-corrected chi connectivity index (χ2v) is 6.78. The zero-order chi connectivity index (χ0) is 18.0. The summed E-state index contributed by atoms with van der Waals surface area (Å²) in [6.07, 6.45) is 2.11. The number of fused-ring (bicyclic) bond motifs is 1. The number of halogens is 1. The first kappa shape index (κ1) is 20.2. The summed E-state index contributed by atoms with van der Waals surface area (Å²) < 4.78 is 1.46. The largest absolute Gasteiger partial charge is 0.338 e. The molecule has 1 aliphatic heterocycles. The van der Waals surface area contributed by atoms with Crippen LogP contribution in [-0.2, 0) is 11.3 Å². The monoisotopic (exact) mass is 380 g/mol. The van der Waals surface area contributed by atoms with Crippen LogP contribution in [0.3, 0.4) is 0 Å². The Hall–Kier alpha value is -2.12. The normalized spacial score (nSPS) is 20.0. The van der Waals surface area contributed by atoms with Crippen molar-refractivity contribution in [2.24, 2.45) is 11.7 Å². The Kier molecular flexibility index (Phi) is 6.61. The van der Waals surface area contributed by atoms with Crippen molar-refractivity contribution in [3.8, 4) is 0 Å². The maximum atomic E-state index is 12.6. The van der Waals surface area contributed by atoms with Crippen LogP contribution in [0.4, 0.5) is 0 Å². The van der Waals surface area contributed by atoms with E-state index in [-0.39, 0.29) is 37.3 Å². The summed E-state index contributed by atoms with van der Waals surface area (Å²) in [7, 11) is 0. The van der Waals surface area contributed by atoms with Crippen molar-refractivity contribution in [1.29, 1.82) is 0 Å². The zero-order valence-corrected chi connectivity index (χ0v) is 15.6. The molecule has 26 heavy (non-hydrogen) atoms. The SMILES string of the molecule is CC1CCN(C(=O)CCn2c(=O)[nH]c(=O)c3ccccc32)C(CN)C1.Cl. The maximum absolute atomic E-state index is 12.6. The van der Waals surface area contributed by atoms with Gasteiger partial charge in [-0.25, -0.2) is 4.79 Å². The van der Waals surface area contributed by atoms with Crippen LogP contribution in [0.25, 0.3) is 10.9 Å². The Bertz CT molecular complexity index is 892. The predicted molar refractivity (Wildman–Crippen MR) is 104 cm³/mol. The van der Waals surface area contributed by atoms with E-state index in [0.29, 0.717) is 29.9 Å². The number of aromatic nitrogens is 2. The molecule has 1 amide bonds. The minimum Gasteiger partial charge on any atom is -0.338 e. The van der Waals surface area contributed by atoms with Gasteiger partial charge in [0.15, 0.2) is 0 Å².